The van der Waals surface area contributed by atoms with Crippen molar-refractivity contribution in [3.05, 3.63) is 42.5 Å². The number of ether oxygens (including phenoxy) is 1. The molecule has 0 spiro atoms. The van der Waals surface area contributed by atoms with Crippen LogP contribution in [0, 0.1) is 0 Å². The topological polar surface area (TPSA) is 50.8 Å². The normalized spacial score (nSPS) is 11.4. The molecule has 20 heavy (non-hydrogen) atoms. The Hall–Kier alpha value is -2.62. The number of para-hydroxylation sites is 1. The second-order valence-corrected chi connectivity index (χ2v) is 4.68. The highest BCUT2D eigenvalue weighted by Crippen LogP contribution is 2.27. The minimum atomic E-state index is 0.604. The maximum Gasteiger partial charge on any atom is 0.215 e. The van der Waals surface area contributed by atoms with Gasteiger partial charge < -0.3 is 9.72 Å². The summed E-state index contributed by atoms with van der Waals surface area (Å²) in [5.74, 6) is 0.614. The first-order chi connectivity index (χ1) is 9.85. The lowest BCUT2D eigenvalue weighted by Crippen LogP contribution is -1.95. The molecule has 1 N–H and O–H groups in total. The molecule has 1 aromatic carbocycles. The van der Waals surface area contributed by atoms with Gasteiger partial charge in [0.2, 0.25) is 5.88 Å². The van der Waals surface area contributed by atoms with Crippen molar-refractivity contribution in [2.75, 3.05) is 6.61 Å². The van der Waals surface area contributed by atoms with E-state index in [0.717, 1.165) is 21.9 Å². The highest BCUT2D eigenvalue weighted by Gasteiger charge is 2.08. The van der Waals surface area contributed by atoms with E-state index in [9.17, 15) is 0 Å². The number of pyridine rings is 2. The van der Waals surface area contributed by atoms with E-state index >= 15 is 0 Å². The summed E-state index contributed by atoms with van der Waals surface area (Å²) < 4.78 is 5.42. The summed E-state index contributed by atoms with van der Waals surface area (Å²) in [6.07, 6.45) is 0. The second kappa shape index (κ2) is 4.20. The first kappa shape index (κ1) is 11.2. The van der Waals surface area contributed by atoms with Gasteiger partial charge in [-0.1, -0.05) is 18.2 Å². The minimum absolute atomic E-state index is 0.604. The maximum atomic E-state index is 5.42. The fourth-order valence-corrected chi connectivity index (χ4v) is 2.52. The van der Waals surface area contributed by atoms with Crippen molar-refractivity contribution in [1.29, 1.82) is 0 Å². The molecule has 3 heterocycles. The zero-order valence-electron chi connectivity index (χ0n) is 11.1. The lowest BCUT2D eigenvalue weighted by molar-refractivity contribution is 0.328. The predicted molar refractivity (Wildman–Crippen MR) is 80.1 cm³/mol. The van der Waals surface area contributed by atoms with Crippen molar-refractivity contribution in [2.24, 2.45) is 0 Å². The summed E-state index contributed by atoms with van der Waals surface area (Å²) in [6, 6.07) is 14.2. The van der Waals surface area contributed by atoms with E-state index in [2.05, 4.69) is 33.2 Å². The lowest BCUT2D eigenvalue weighted by Gasteiger charge is -2.03. The van der Waals surface area contributed by atoms with E-state index in [1.165, 1.54) is 5.39 Å². The largest absolute Gasteiger partial charge is 0.478 e. The number of fused-ring (bicyclic) bond motifs is 4. The van der Waals surface area contributed by atoms with Crippen LogP contribution in [0.25, 0.3) is 33.0 Å². The molecule has 4 nitrogen and oxygen atoms in total. The standard InChI is InChI=1S/C16H13N3O/c1-2-20-14-8-7-10-9-12-11-5-3-4-6-13(11)17-16(12)19-15(10)18-14/h3-9H,2H2,1H3,(H,17,18,19). The van der Waals surface area contributed by atoms with Crippen molar-refractivity contribution in [3.8, 4) is 5.88 Å². The highest BCUT2D eigenvalue weighted by atomic mass is 16.5. The molecular weight excluding hydrogens is 250 g/mol. The number of nitrogens with one attached hydrogen (secondary N) is 1. The Kier molecular flexibility index (Phi) is 2.36. The van der Waals surface area contributed by atoms with Crippen LogP contribution in [-0.4, -0.2) is 21.6 Å². The molecule has 0 aliphatic rings. The van der Waals surface area contributed by atoms with Gasteiger partial charge in [-0.3, -0.25) is 0 Å². The van der Waals surface area contributed by atoms with Crippen LogP contribution in [0.1, 0.15) is 6.92 Å². The molecule has 4 rings (SSSR count). The van der Waals surface area contributed by atoms with Gasteiger partial charge in [0.1, 0.15) is 5.65 Å². The molecule has 0 amide bonds. The quantitative estimate of drug-likeness (QED) is 0.600. The van der Waals surface area contributed by atoms with Gasteiger partial charge in [0.25, 0.3) is 0 Å². The van der Waals surface area contributed by atoms with Crippen LogP contribution in [0.15, 0.2) is 42.5 Å². The van der Waals surface area contributed by atoms with Gasteiger partial charge >= 0.3 is 0 Å². The first-order valence-corrected chi connectivity index (χ1v) is 6.66. The number of rotatable bonds is 2. The van der Waals surface area contributed by atoms with Gasteiger partial charge in [0.15, 0.2) is 5.65 Å². The van der Waals surface area contributed by atoms with E-state index in [-0.39, 0.29) is 0 Å². The third-order valence-electron chi connectivity index (χ3n) is 3.41. The number of hydrogen-bond acceptors (Lipinski definition) is 3. The third kappa shape index (κ3) is 1.61. The van der Waals surface area contributed by atoms with E-state index in [1.807, 2.05) is 31.2 Å². The summed E-state index contributed by atoms with van der Waals surface area (Å²) in [6.45, 7) is 2.55. The van der Waals surface area contributed by atoms with Gasteiger partial charge in [-0.15, -0.1) is 0 Å². The Morgan fingerprint density at radius 3 is 2.85 bits per heavy atom. The minimum Gasteiger partial charge on any atom is -0.478 e. The third-order valence-corrected chi connectivity index (χ3v) is 3.41. The van der Waals surface area contributed by atoms with Gasteiger partial charge in [-0.25, -0.2) is 4.98 Å². The second-order valence-electron chi connectivity index (χ2n) is 4.68. The number of nitrogens with zero attached hydrogens (tertiary/aromatic N) is 2. The van der Waals surface area contributed by atoms with Crippen LogP contribution in [-0.2, 0) is 0 Å². The van der Waals surface area contributed by atoms with Crippen molar-refractivity contribution < 1.29 is 4.74 Å². The Labute approximate surface area is 115 Å². The number of aromatic nitrogens is 3. The first-order valence-electron chi connectivity index (χ1n) is 6.66. The highest BCUT2D eigenvalue weighted by molar-refractivity contribution is 6.08. The Morgan fingerprint density at radius 2 is 1.95 bits per heavy atom. The fourth-order valence-electron chi connectivity index (χ4n) is 2.52. The predicted octanol–water partition coefficient (Wildman–Crippen LogP) is 3.66. The number of H-pyrrole nitrogens is 1. The summed E-state index contributed by atoms with van der Waals surface area (Å²) >= 11 is 0. The number of benzene rings is 1. The van der Waals surface area contributed by atoms with E-state index in [1.54, 1.807) is 0 Å². The van der Waals surface area contributed by atoms with Gasteiger partial charge in [0, 0.05) is 27.7 Å². The van der Waals surface area contributed by atoms with Gasteiger partial charge in [0.05, 0.1) is 6.61 Å². The molecule has 0 saturated heterocycles. The zero-order valence-corrected chi connectivity index (χ0v) is 11.1. The van der Waals surface area contributed by atoms with E-state index in [0.29, 0.717) is 18.1 Å². The molecule has 0 bridgehead atoms. The molecule has 0 aliphatic heterocycles. The molecule has 98 valence electrons. The van der Waals surface area contributed by atoms with Gasteiger partial charge in [-0.2, -0.15) is 4.98 Å². The van der Waals surface area contributed by atoms with Crippen LogP contribution >= 0.6 is 0 Å². The maximum absolute atomic E-state index is 5.42. The Balaban J connectivity index is 2.04. The molecule has 0 atom stereocenters. The van der Waals surface area contributed by atoms with Crippen LogP contribution in [0.2, 0.25) is 0 Å². The van der Waals surface area contributed by atoms with Crippen LogP contribution in [0.4, 0.5) is 0 Å². The molecule has 0 saturated carbocycles. The molecule has 0 fully saturated rings. The average molecular weight is 263 g/mol. The average Bonchev–Trinajstić information content (AvgIpc) is 2.83. The van der Waals surface area contributed by atoms with Crippen molar-refractivity contribution in [2.45, 2.75) is 6.92 Å². The lowest BCUT2D eigenvalue weighted by atomic mass is 10.1. The molecule has 3 aromatic heterocycles. The summed E-state index contributed by atoms with van der Waals surface area (Å²) in [7, 11) is 0. The van der Waals surface area contributed by atoms with Crippen LogP contribution in [0.3, 0.4) is 0 Å². The summed E-state index contributed by atoms with van der Waals surface area (Å²) in [5, 5.41) is 3.33. The Morgan fingerprint density at radius 1 is 1.05 bits per heavy atom. The molecule has 4 aromatic rings. The zero-order chi connectivity index (χ0) is 13.5. The number of hydrogen-bond donors (Lipinski definition) is 1. The smallest absolute Gasteiger partial charge is 0.215 e. The van der Waals surface area contributed by atoms with Crippen molar-refractivity contribution in [3.63, 3.8) is 0 Å². The summed E-state index contributed by atoms with van der Waals surface area (Å²) in [5.41, 5.74) is 2.66. The van der Waals surface area contributed by atoms with E-state index < -0.39 is 0 Å². The number of aromatic amines is 1. The van der Waals surface area contributed by atoms with Crippen LogP contribution < -0.4 is 4.74 Å². The summed E-state index contributed by atoms with van der Waals surface area (Å²) in [4.78, 5) is 12.4. The van der Waals surface area contributed by atoms with Crippen molar-refractivity contribution >= 4 is 33.0 Å². The molecule has 0 unspecified atom stereocenters. The monoisotopic (exact) mass is 263 g/mol. The molecule has 4 heteroatoms. The molecule has 0 aliphatic carbocycles. The fraction of sp³-hybridized carbons (Fsp3) is 0.125. The van der Waals surface area contributed by atoms with Gasteiger partial charge in [-0.05, 0) is 25.1 Å². The van der Waals surface area contributed by atoms with E-state index in [4.69, 9.17) is 4.74 Å². The molecule has 0 radical (unpaired) electrons. The Bertz CT molecular complexity index is 927. The SMILES string of the molecule is CCOc1ccc2cc3c(nc2n1)[nH]c1ccccc13. The van der Waals surface area contributed by atoms with Crippen LogP contribution in [0.5, 0.6) is 5.88 Å². The molecular formula is C16H13N3O. The van der Waals surface area contributed by atoms with Crippen molar-refractivity contribution in [1.82, 2.24) is 15.0 Å².